The lowest BCUT2D eigenvalue weighted by Gasteiger charge is -2.37. The number of ether oxygens (including phenoxy) is 2. The summed E-state index contributed by atoms with van der Waals surface area (Å²) in [5.41, 5.74) is 7.27. The largest absolute Gasteiger partial charge is 0.493 e. The first-order valence-electron chi connectivity index (χ1n) is 8.48. The van der Waals surface area contributed by atoms with Gasteiger partial charge in [0.05, 0.1) is 13.7 Å². The Bertz CT molecular complexity index is 485. The van der Waals surface area contributed by atoms with E-state index in [-0.39, 0.29) is 6.04 Å². The lowest BCUT2D eigenvalue weighted by molar-refractivity contribution is 0.114. The SMILES string of the molecule is COc1cc(C(CN)N2CCN(C)CC2)ccc1OCC(C)C. The quantitative estimate of drug-likeness (QED) is 0.832. The molecule has 23 heavy (non-hydrogen) atoms. The number of hydrogen-bond acceptors (Lipinski definition) is 5. The third kappa shape index (κ3) is 4.83. The molecule has 1 aliphatic rings. The van der Waals surface area contributed by atoms with Crippen LogP contribution in [0.4, 0.5) is 0 Å². The fraction of sp³-hybridized carbons (Fsp3) is 0.667. The van der Waals surface area contributed by atoms with Crippen LogP contribution in [0.3, 0.4) is 0 Å². The molecule has 0 bridgehead atoms. The van der Waals surface area contributed by atoms with Crippen molar-refractivity contribution >= 4 is 0 Å². The first-order chi connectivity index (χ1) is 11.0. The molecule has 2 rings (SSSR count). The van der Waals surface area contributed by atoms with Crippen molar-refractivity contribution in [1.29, 1.82) is 0 Å². The first kappa shape index (κ1) is 18.0. The standard InChI is InChI=1S/C18H31N3O2/c1-14(2)13-23-17-6-5-15(11-18(17)22-4)16(12-19)21-9-7-20(3)8-10-21/h5-6,11,14,16H,7-10,12-13,19H2,1-4H3. The fourth-order valence-corrected chi connectivity index (χ4v) is 2.90. The van der Waals surface area contributed by atoms with Gasteiger partial charge >= 0.3 is 0 Å². The number of hydrogen-bond donors (Lipinski definition) is 1. The number of nitrogens with zero attached hydrogens (tertiary/aromatic N) is 2. The highest BCUT2D eigenvalue weighted by Crippen LogP contribution is 2.32. The van der Waals surface area contributed by atoms with Crippen molar-refractivity contribution in [3.05, 3.63) is 23.8 Å². The molecule has 0 spiro atoms. The highest BCUT2D eigenvalue weighted by molar-refractivity contribution is 5.44. The van der Waals surface area contributed by atoms with Crippen molar-refractivity contribution in [3.63, 3.8) is 0 Å². The zero-order valence-electron chi connectivity index (χ0n) is 14.9. The van der Waals surface area contributed by atoms with Crippen molar-refractivity contribution in [2.24, 2.45) is 11.7 Å². The molecule has 1 aromatic rings. The average Bonchev–Trinajstić information content (AvgIpc) is 2.55. The van der Waals surface area contributed by atoms with Gasteiger partial charge in [0.1, 0.15) is 0 Å². The van der Waals surface area contributed by atoms with Gasteiger partial charge in [-0.2, -0.15) is 0 Å². The van der Waals surface area contributed by atoms with Crippen LogP contribution in [0.2, 0.25) is 0 Å². The Labute approximate surface area is 140 Å². The van der Waals surface area contributed by atoms with E-state index in [0.717, 1.165) is 37.7 Å². The number of methoxy groups -OCH3 is 1. The zero-order chi connectivity index (χ0) is 16.8. The normalized spacial score (nSPS) is 18.2. The zero-order valence-corrected chi connectivity index (χ0v) is 14.9. The van der Waals surface area contributed by atoms with E-state index < -0.39 is 0 Å². The molecular weight excluding hydrogens is 290 g/mol. The molecule has 0 amide bonds. The minimum absolute atomic E-state index is 0.233. The van der Waals surface area contributed by atoms with Crippen LogP contribution in [-0.2, 0) is 0 Å². The molecule has 1 heterocycles. The summed E-state index contributed by atoms with van der Waals surface area (Å²) < 4.78 is 11.4. The molecule has 1 atom stereocenters. The van der Waals surface area contributed by atoms with Crippen LogP contribution in [0.15, 0.2) is 18.2 Å². The van der Waals surface area contributed by atoms with Crippen LogP contribution in [-0.4, -0.2) is 63.3 Å². The molecule has 1 unspecified atom stereocenters. The van der Waals surface area contributed by atoms with Gasteiger partial charge in [-0.15, -0.1) is 0 Å². The van der Waals surface area contributed by atoms with Crippen LogP contribution in [0.1, 0.15) is 25.5 Å². The molecule has 130 valence electrons. The van der Waals surface area contributed by atoms with E-state index in [9.17, 15) is 0 Å². The Kier molecular flexibility index (Phi) is 6.69. The Morgan fingerprint density at radius 2 is 1.83 bits per heavy atom. The molecule has 5 heteroatoms. The molecule has 5 nitrogen and oxygen atoms in total. The minimum atomic E-state index is 0.233. The van der Waals surface area contributed by atoms with Crippen LogP contribution in [0.5, 0.6) is 11.5 Å². The van der Waals surface area contributed by atoms with E-state index in [1.165, 1.54) is 5.56 Å². The van der Waals surface area contributed by atoms with E-state index in [1.807, 2.05) is 6.07 Å². The summed E-state index contributed by atoms with van der Waals surface area (Å²) in [6.07, 6.45) is 0. The second-order valence-corrected chi connectivity index (χ2v) is 6.71. The van der Waals surface area contributed by atoms with E-state index in [0.29, 0.717) is 19.1 Å². The van der Waals surface area contributed by atoms with Gasteiger partial charge in [0.15, 0.2) is 11.5 Å². The van der Waals surface area contributed by atoms with E-state index >= 15 is 0 Å². The second-order valence-electron chi connectivity index (χ2n) is 6.71. The van der Waals surface area contributed by atoms with Gasteiger partial charge in [-0.25, -0.2) is 0 Å². The lowest BCUT2D eigenvalue weighted by atomic mass is 10.0. The topological polar surface area (TPSA) is 51.0 Å². The summed E-state index contributed by atoms with van der Waals surface area (Å²) in [6.45, 7) is 9.84. The Balaban J connectivity index is 2.13. The van der Waals surface area contributed by atoms with Gasteiger partial charge < -0.3 is 20.1 Å². The van der Waals surface area contributed by atoms with Crippen LogP contribution in [0.25, 0.3) is 0 Å². The van der Waals surface area contributed by atoms with Gasteiger partial charge in [-0.1, -0.05) is 19.9 Å². The summed E-state index contributed by atoms with van der Waals surface area (Å²) >= 11 is 0. The second kappa shape index (κ2) is 8.52. The van der Waals surface area contributed by atoms with Gasteiger partial charge in [-0.05, 0) is 30.7 Å². The van der Waals surface area contributed by atoms with Crippen LogP contribution in [0, 0.1) is 5.92 Å². The molecule has 2 N–H and O–H groups in total. The van der Waals surface area contributed by atoms with E-state index in [1.54, 1.807) is 7.11 Å². The number of likely N-dealkylation sites (N-methyl/N-ethyl adjacent to an activating group) is 1. The smallest absolute Gasteiger partial charge is 0.161 e. The number of nitrogens with two attached hydrogens (primary N) is 1. The van der Waals surface area contributed by atoms with Gasteiger partial charge in [0.2, 0.25) is 0 Å². The molecule has 0 aromatic heterocycles. The maximum atomic E-state index is 6.07. The van der Waals surface area contributed by atoms with E-state index in [2.05, 4.69) is 42.8 Å². The van der Waals surface area contributed by atoms with Crippen molar-refractivity contribution < 1.29 is 9.47 Å². The predicted octanol–water partition coefficient (Wildman–Crippen LogP) is 1.98. The monoisotopic (exact) mass is 321 g/mol. The number of piperazine rings is 1. The Hall–Kier alpha value is -1.30. The predicted molar refractivity (Wildman–Crippen MR) is 94.2 cm³/mol. The van der Waals surface area contributed by atoms with Crippen LogP contribution < -0.4 is 15.2 Å². The Morgan fingerprint density at radius 3 is 2.39 bits per heavy atom. The summed E-state index contributed by atoms with van der Waals surface area (Å²) in [4.78, 5) is 4.82. The molecule has 1 saturated heterocycles. The van der Waals surface area contributed by atoms with Gasteiger partial charge in [0.25, 0.3) is 0 Å². The van der Waals surface area contributed by atoms with Crippen molar-refractivity contribution in [1.82, 2.24) is 9.80 Å². The summed E-state index contributed by atoms with van der Waals surface area (Å²) in [5, 5.41) is 0. The van der Waals surface area contributed by atoms with Crippen LogP contribution >= 0.6 is 0 Å². The molecule has 1 fully saturated rings. The first-order valence-corrected chi connectivity index (χ1v) is 8.48. The Morgan fingerprint density at radius 1 is 1.13 bits per heavy atom. The molecule has 1 aliphatic heterocycles. The fourth-order valence-electron chi connectivity index (χ4n) is 2.90. The van der Waals surface area contributed by atoms with Crippen molar-refractivity contribution in [2.75, 3.05) is 53.5 Å². The highest BCUT2D eigenvalue weighted by atomic mass is 16.5. The number of benzene rings is 1. The van der Waals surface area contributed by atoms with Crippen molar-refractivity contribution in [3.8, 4) is 11.5 Å². The molecule has 0 saturated carbocycles. The lowest BCUT2D eigenvalue weighted by Crippen LogP contribution is -2.47. The molecular formula is C18H31N3O2. The maximum Gasteiger partial charge on any atom is 0.161 e. The van der Waals surface area contributed by atoms with Gasteiger partial charge in [-0.3, -0.25) is 4.90 Å². The maximum absolute atomic E-state index is 6.07. The molecule has 1 aromatic carbocycles. The van der Waals surface area contributed by atoms with E-state index in [4.69, 9.17) is 15.2 Å². The molecule has 0 aliphatic carbocycles. The molecule has 0 radical (unpaired) electrons. The minimum Gasteiger partial charge on any atom is -0.493 e. The third-order valence-electron chi connectivity index (χ3n) is 4.35. The third-order valence-corrected chi connectivity index (χ3v) is 4.35. The summed E-state index contributed by atoms with van der Waals surface area (Å²) in [7, 11) is 3.85. The number of rotatable bonds is 7. The highest BCUT2D eigenvalue weighted by Gasteiger charge is 2.23. The van der Waals surface area contributed by atoms with Crippen molar-refractivity contribution in [2.45, 2.75) is 19.9 Å². The summed E-state index contributed by atoms with van der Waals surface area (Å²) in [6, 6.07) is 6.44. The summed E-state index contributed by atoms with van der Waals surface area (Å²) in [5.74, 6) is 2.08. The van der Waals surface area contributed by atoms with Gasteiger partial charge in [0, 0.05) is 38.8 Å². The average molecular weight is 321 g/mol.